The lowest BCUT2D eigenvalue weighted by atomic mass is 9.97. The zero-order valence-electron chi connectivity index (χ0n) is 13.2. The average Bonchev–Trinajstić information content (AvgIpc) is 2.45. The molecule has 1 rings (SSSR count). The van der Waals surface area contributed by atoms with E-state index < -0.39 is 0 Å². The SMILES string of the molecule is CCCNC(CCC(C)OC)Cc1cc(F)ccc1C. The van der Waals surface area contributed by atoms with Crippen LogP contribution in [0.3, 0.4) is 0 Å². The molecule has 20 heavy (non-hydrogen) atoms. The monoisotopic (exact) mass is 281 g/mol. The molecule has 0 saturated carbocycles. The van der Waals surface area contributed by atoms with Crippen LogP contribution in [0.5, 0.6) is 0 Å². The molecule has 2 nitrogen and oxygen atoms in total. The van der Waals surface area contributed by atoms with Gasteiger partial charge in [0, 0.05) is 13.2 Å². The first-order valence-electron chi connectivity index (χ1n) is 7.58. The van der Waals surface area contributed by atoms with Crippen molar-refractivity contribution in [2.45, 2.75) is 58.6 Å². The Morgan fingerprint density at radius 3 is 2.70 bits per heavy atom. The van der Waals surface area contributed by atoms with Crippen molar-refractivity contribution >= 4 is 0 Å². The van der Waals surface area contributed by atoms with E-state index in [9.17, 15) is 4.39 Å². The first-order valence-corrected chi connectivity index (χ1v) is 7.58. The summed E-state index contributed by atoms with van der Waals surface area (Å²) in [5.74, 6) is -0.148. The third-order valence-electron chi connectivity index (χ3n) is 3.78. The van der Waals surface area contributed by atoms with Gasteiger partial charge in [0.05, 0.1) is 6.10 Å². The second-order valence-corrected chi connectivity index (χ2v) is 5.55. The summed E-state index contributed by atoms with van der Waals surface area (Å²) in [4.78, 5) is 0. The molecule has 0 heterocycles. The molecule has 0 saturated heterocycles. The molecular weight excluding hydrogens is 253 g/mol. The van der Waals surface area contributed by atoms with Gasteiger partial charge in [0.15, 0.2) is 0 Å². The van der Waals surface area contributed by atoms with Crippen LogP contribution in [0.25, 0.3) is 0 Å². The zero-order chi connectivity index (χ0) is 15.0. The van der Waals surface area contributed by atoms with E-state index in [0.29, 0.717) is 6.04 Å². The molecule has 3 heteroatoms. The van der Waals surface area contributed by atoms with Crippen molar-refractivity contribution in [1.82, 2.24) is 5.32 Å². The average molecular weight is 281 g/mol. The summed E-state index contributed by atoms with van der Waals surface area (Å²) < 4.78 is 18.7. The molecule has 0 aliphatic heterocycles. The lowest BCUT2D eigenvalue weighted by Crippen LogP contribution is -2.33. The fourth-order valence-electron chi connectivity index (χ4n) is 2.30. The predicted octanol–water partition coefficient (Wildman–Crippen LogP) is 3.86. The Balaban J connectivity index is 2.65. The topological polar surface area (TPSA) is 21.3 Å². The van der Waals surface area contributed by atoms with Crippen LogP contribution in [0.4, 0.5) is 4.39 Å². The molecule has 0 bridgehead atoms. The highest BCUT2D eigenvalue weighted by Gasteiger charge is 2.13. The summed E-state index contributed by atoms with van der Waals surface area (Å²) in [6.07, 6.45) is 4.32. The van der Waals surface area contributed by atoms with E-state index in [0.717, 1.165) is 43.4 Å². The molecule has 1 aromatic rings. The number of aryl methyl sites for hydroxylation is 1. The normalized spacial score (nSPS) is 14.2. The minimum Gasteiger partial charge on any atom is -0.382 e. The highest BCUT2D eigenvalue weighted by Crippen LogP contribution is 2.15. The summed E-state index contributed by atoms with van der Waals surface area (Å²) in [6.45, 7) is 7.30. The van der Waals surface area contributed by atoms with Crippen LogP contribution in [0.1, 0.15) is 44.2 Å². The van der Waals surface area contributed by atoms with E-state index in [1.807, 2.05) is 13.0 Å². The van der Waals surface area contributed by atoms with E-state index in [2.05, 4.69) is 19.2 Å². The molecule has 0 aliphatic rings. The van der Waals surface area contributed by atoms with Crippen LogP contribution in [0.2, 0.25) is 0 Å². The standard InChI is InChI=1S/C17H28FNO/c1-5-10-19-17(9-7-14(3)20-4)12-15-11-16(18)8-6-13(15)2/h6,8,11,14,17,19H,5,7,9-10,12H2,1-4H3. The minimum atomic E-state index is -0.148. The number of halogens is 1. The van der Waals surface area contributed by atoms with Crippen molar-refractivity contribution in [1.29, 1.82) is 0 Å². The molecule has 114 valence electrons. The first-order chi connectivity index (χ1) is 9.56. The minimum absolute atomic E-state index is 0.148. The van der Waals surface area contributed by atoms with Gasteiger partial charge in [0.1, 0.15) is 5.82 Å². The number of hydrogen-bond acceptors (Lipinski definition) is 2. The van der Waals surface area contributed by atoms with E-state index in [1.165, 1.54) is 6.07 Å². The Morgan fingerprint density at radius 2 is 2.05 bits per heavy atom. The third-order valence-corrected chi connectivity index (χ3v) is 3.78. The van der Waals surface area contributed by atoms with E-state index in [1.54, 1.807) is 13.2 Å². The van der Waals surface area contributed by atoms with Crippen LogP contribution in [0, 0.1) is 12.7 Å². The van der Waals surface area contributed by atoms with Crippen molar-refractivity contribution in [3.05, 3.63) is 35.1 Å². The molecule has 0 aromatic heterocycles. The van der Waals surface area contributed by atoms with Crippen molar-refractivity contribution in [2.24, 2.45) is 0 Å². The quantitative estimate of drug-likeness (QED) is 0.742. The molecule has 1 N–H and O–H groups in total. The summed E-state index contributed by atoms with van der Waals surface area (Å²) in [7, 11) is 1.75. The number of ether oxygens (including phenoxy) is 1. The van der Waals surface area contributed by atoms with Gasteiger partial charge in [0.25, 0.3) is 0 Å². The molecule has 0 spiro atoms. The highest BCUT2D eigenvalue weighted by molar-refractivity contribution is 5.27. The fourth-order valence-corrected chi connectivity index (χ4v) is 2.30. The molecule has 2 atom stereocenters. The first kappa shape index (κ1) is 17.1. The Labute approximate surface area is 122 Å². The zero-order valence-corrected chi connectivity index (χ0v) is 13.2. The maximum Gasteiger partial charge on any atom is 0.123 e. The van der Waals surface area contributed by atoms with Crippen LogP contribution in [-0.4, -0.2) is 25.8 Å². The lowest BCUT2D eigenvalue weighted by molar-refractivity contribution is 0.106. The van der Waals surface area contributed by atoms with Gasteiger partial charge in [-0.3, -0.25) is 0 Å². The van der Waals surface area contributed by atoms with Crippen LogP contribution < -0.4 is 5.32 Å². The molecule has 1 aromatic carbocycles. The van der Waals surface area contributed by atoms with Gasteiger partial charge in [-0.1, -0.05) is 13.0 Å². The van der Waals surface area contributed by atoms with Crippen molar-refractivity contribution < 1.29 is 9.13 Å². The van der Waals surface area contributed by atoms with Gasteiger partial charge >= 0.3 is 0 Å². The van der Waals surface area contributed by atoms with Gasteiger partial charge in [-0.2, -0.15) is 0 Å². The van der Waals surface area contributed by atoms with Gasteiger partial charge in [-0.25, -0.2) is 4.39 Å². The molecule has 0 radical (unpaired) electrons. The van der Waals surface area contributed by atoms with Crippen molar-refractivity contribution in [3.63, 3.8) is 0 Å². The van der Waals surface area contributed by atoms with Crippen LogP contribution in [-0.2, 0) is 11.2 Å². The van der Waals surface area contributed by atoms with Crippen LogP contribution in [0.15, 0.2) is 18.2 Å². The highest BCUT2D eigenvalue weighted by atomic mass is 19.1. The smallest absolute Gasteiger partial charge is 0.123 e. The van der Waals surface area contributed by atoms with Gasteiger partial charge in [-0.05, 0) is 69.3 Å². The second kappa shape index (κ2) is 9.09. The largest absolute Gasteiger partial charge is 0.382 e. The Kier molecular flexibility index (Phi) is 7.78. The number of hydrogen-bond donors (Lipinski definition) is 1. The van der Waals surface area contributed by atoms with Gasteiger partial charge in [-0.15, -0.1) is 0 Å². The van der Waals surface area contributed by atoms with E-state index in [-0.39, 0.29) is 11.9 Å². The Bertz CT molecular complexity index is 395. The number of benzene rings is 1. The van der Waals surface area contributed by atoms with E-state index in [4.69, 9.17) is 4.74 Å². The summed E-state index contributed by atoms with van der Waals surface area (Å²) in [5.41, 5.74) is 2.26. The Hall–Kier alpha value is -0.930. The number of nitrogens with one attached hydrogen (secondary N) is 1. The number of methoxy groups -OCH3 is 1. The molecule has 0 aliphatic carbocycles. The molecule has 0 amide bonds. The summed E-state index contributed by atoms with van der Waals surface area (Å²) in [6, 6.07) is 5.43. The van der Waals surface area contributed by atoms with E-state index >= 15 is 0 Å². The number of rotatable bonds is 9. The van der Waals surface area contributed by atoms with Crippen LogP contribution >= 0.6 is 0 Å². The third kappa shape index (κ3) is 6.02. The summed E-state index contributed by atoms with van der Waals surface area (Å²) >= 11 is 0. The van der Waals surface area contributed by atoms with Gasteiger partial charge < -0.3 is 10.1 Å². The maximum atomic E-state index is 13.4. The van der Waals surface area contributed by atoms with Crippen molar-refractivity contribution in [2.75, 3.05) is 13.7 Å². The molecule has 2 unspecified atom stereocenters. The molecular formula is C17H28FNO. The fraction of sp³-hybridized carbons (Fsp3) is 0.647. The lowest BCUT2D eigenvalue weighted by Gasteiger charge is -2.21. The summed E-state index contributed by atoms with van der Waals surface area (Å²) in [5, 5.41) is 3.57. The van der Waals surface area contributed by atoms with Crippen molar-refractivity contribution in [3.8, 4) is 0 Å². The second-order valence-electron chi connectivity index (χ2n) is 5.55. The predicted molar refractivity (Wildman–Crippen MR) is 82.6 cm³/mol. The maximum absolute atomic E-state index is 13.4. The van der Waals surface area contributed by atoms with Gasteiger partial charge in [0.2, 0.25) is 0 Å². The molecule has 0 fully saturated rings. The Morgan fingerprint density at radius 1 is 1.30 bits per heavy atom.